The molecule has 1 fully saturated rings. The van der Waals surface area contributed by atoms with Crippen LogP contribution in [0.25, 0.3) is 0 Å². The first-order valence-corrected chi connectivity index (χ1v) is 6.88. The van der Waals surface area contributed by atoms with Gasteiger partial charge in [-0.15, -0.1) is 0 Å². The van der Waals surface area contributed by atoms with Crippen LogP contribution < -0.4 is 10.6 Å². The minimum atomic E-state index is -0.0747. The maximum absolute atomic E-state index is 12.1. The summed E-state index contributed by atoms with van der Waals surface area (Å²) in [6, 6.07) is 3.94. The molecule has 19 heavy (non-hydrogen) atoms. The number of rotatable bonds is 4. The van der Waals surface area contributed by atoms with Gasteiger partial charge in [-0.2, -0.15) is 0 Å². The van der Waals surface area contributed by atoms with E-state index in [9.17, 15) is 4.79 Å². The lowest BCUT2D eigenvalue weighted by atomic mass is 10.1. The van der Waals surface area contributed by atoms with E-state index in [-0.39, 0.29) is 11.9 Å². The van der Waals surface area contributed by atoms with Gasteiger partial charge in [0, 0.05) is 24.5 Å². The summed E-state index contributed by atoms with van der Waals surface area (Å²) in [6.07, 6.45) is 3.69. The summed E-state index contributed by atoms with van der Waals surface area (Å²) < 4.78 is 0. The highest BCUT2D eigenvalue weighted by atomic mass is 16.1. The summed E-state index contributed by atoms with van der Waals surface area (Å²) in [7, 11) is 2.11. The van der Waals surface area contributed by atoms with Crippen molar-refractivity contribution in [3.05, 3.63) is 24.0 Å². The van der Waals surface area contributed by atoms with Crippen molar-refractivity contribution in [1.82, 2.24) is 15.2 Å². The predicted octanol–water partition coefficient (Wildman–Crippen LogP) is 1.34. The lowest BCUT2D eigenvalue weighted by molar-refractivity contribution is 0.0912. The number of hydrogen-bond donors (Lipinski definition) is 2. The molecular formula is C14H22N4O. The van der Waals surface area contributed by atoms with E-state index in [1.54, 1.807) is 12.3 Å². The average molecular weight is 262 g/mol. The molecule has 5 heteroatoms. The number of nitrogens with one attached hydrogen (secondary N) is 2. The van der Waals surface area contributed by atoms with Crippen molar-refractivity contribution in [3.8, 4) is 0 Å². The van der Waals surface area contributed by atoms with Crippen molar-refractivity contribution in [2.24, 2.45) is 0 Å². The summed E-state index contributed by atoms with van der Waals surface area (Å²) in [5.41, 5.74) is 1.42. The third kappa shape index (κ3) is 3.92. The number of pyridine rings is 1. The van der Waals surface area contributed by atoms with Crippen LogP contribution in [-0.4, -0.2) is 48.5 Å². The third-order valence-electron chi connectivity index (χ3n) is 3.43. The number of hydrogen-bond acceptors (Lipinski definition) is 4. The third-order valence-corrected chi connectivity index (χ3v) is 3.43. The molecule has 1 aromatic rings. The van der Waals surface area contributed by atoms with E-state index in [1.165, 1.54) is 0 Å². The van der Waals surface area contributed by atoms with E-state index in [0.29, 0.717) is 5.69 Å². The number of nitrogens with zero attached hydrogens (tertiary/aromatic N) is 2. The van der Waals surface area contributed by atoms with Crippen molar-refractivity contribution in [2.45, 2.75) is 25.8 Å². The second-order valence-electron chi connectivity index (χ2n) is 5.01. The van der Waals surface area contributed by atoms with Gasteiger partial charge >= 0.3 is 0 Å². The molecular weight excluding hydrogens is 240 g/mol. The van der Waals surface area contributed by atoms with Crippen LogP contribution in [0, 0.1) is 0 Å². The zero-order valence-electron chi connectivity index (χ0n) is 11.6. The van der Waals surface area contributed by atoms with E-state index >= 15 is 0 Å². The lowest BCUT2D eigenvalue weighted by Crippen LogP contribution is -2.43. The van der Waals surface area contributed by atoms with E-state index in [1.807, 2.05) is 13.0 Å². The Hall–Kier alpha value is -1.62. The zero-order chi connectivity index (χ0) is 13.7. The number of aromatic nitrogens is 1. The Morgan fingerprint density at radius 3 is 2.89 bits per heavy atom. The number of carbonyl (C=O) groups excluding carboxylic acids is 1. The first-order valence-electron chi connectivity index (χ1n) is 6.88. The monoisotopic (exact) mass is 262 g/mol. The van der Waals surface area contributed by atoms with Crippen LogP contribution in [0.5, 0.6) is 0 Å². The van der Waals surface area contributed by atoms with Gasteiger partial charge in [-0.05, 0) is 52.0 Å². The Morgan fingerprint density at radius 2 is 2.21 bits per heavy atom. The van der Waals surface area contributed by atoms with Crippen molar-refractivity contribution in [3.63, 3.8) is 0 Å². The topological polar surface area (TPSA) is 57.3 Å². The Bertz CT molecular complexity index is 427. The number of anilines is 1. The summed E-state index contributed by atoms with van der Waals surface area (Å²) in [5, 5.41) is 6.25. The van der Waals surface area contributed by atoms with Crippen LogP contribution in [0.15, 0.2) is 18.3 Å². The molecule has 0 aromatic carbocycles. The first-order chi connectivity index (χ1) is 9.19. The molecule has 0 unspecified atom stereocenters. The number of piperidine rings is 1. The van der Waals surface area contributed by atoms with E-state index in [0.717, 1.165) is 38.2 Å². The van der Waals surface area contributed by atoms with Crippen molar-refractivity contribution < 1.29 is 4.79 Å². The fraction of sp³-hybridized carbons (Fsp3) is 0.571. The van der Waals surface area contributed by atoms with Gasteiger partial charge in [0.05, 0.1) is 0 Å². The molecule has 5 nitrogen and oxygen atoms in total. The largest absolute Gasteiger partial charge is 0.385 e. The fourth-order valence-electron chi connectivity index (χ4n) is 2.28. The molecule has 0 bridgehead atoms. The predicted molar refractivity (Wildman–Crippen MR) is 76.4 cm³/mol. The van der Waals surface area contributed by atoms with Crippen molar-refractivity contribution >= 4 is 11.6 Å². The second-order valence-corrected chi connectivity index (χ2v) is 5.01. The van der Waals surface area contributed by atoms with E-state index in [4.69, 9.17) is 0 Å². The van der Waals surface area contributed by atoms with Gasteiger partial charge in [0.15, 0.2) is 0 Å². The molecule has 1 aliphatic heterocycles. The Balaban J connectivity index is 1.94. The van der Waals surface area contributed by atoms with Gasteiger partial charge < -0.3 is 15.5 Å². The molecule has 0 radical (unpaired) electrons. The van der Waals surface area contributed by atoms with Gasteiger partial charge in [-0.25, -0.2) is 0 Å². The summed E-state index contributed by atoms with van der Waals surface area (Å²) >= 11 is 0. The average Bonchev–Trinajstić information content (AvgIpc) is 2.42. The molecule has 0 saturated carbocycles. The Kier molecular flexibility index (Phi) is 4.74. The molecule has 1 saturated heterocycles. The van der Waals surface area contributed by atoms with Crippen LogP contribution in [0.3, 0.4) is 0 Å². The van der Waals surface area contributed by atoms with Crippen LogP contribution in [-0.2, 0) is 0 Å². The highest BCUT2D eigenvalue weighted by Crippen LogP contribution is 2.11. The smallest absolute Gasteiger partial charge is 0.270 e. The molecule has 104 valence electrons. The van der Waals surface area contributed by atoms with Crippen LogP contribution in [0.4, 0.5) is 5.69 Å². The Morgan fingerprint density at radius 1 is 1.47 bits per heavy atom. The van der Waals surface area contributed by atoms with Crippen molar-refractivity contribution in [1.29, 1.82) is 0 Å². The normalized spacial score (nSPS) is 17.2. The molecule has 1 amide bonds. The van der Waals surface area contributed by atoms with Gasteiger partial charge in [0.2, 0.25) is 0 Å². The number of carbonyl (C=O) groups is 1. The molecule has 0 atom stereocenters. The SMILES string of the molecule is CCNc1ccnc(C(=O)NC2CCN(C)CC2)c1. The van der Waals surface area contributed by atoms with E-state index in [2.05, 4.69) is 27.6 Å². The van der Waals surface area contributed by atoms with Gasteiger partial charge in [0.25, 0.3) is 5.91 Å². The summed E-state index contributed by atoms with van der Waals surface area (Å²) in [4.78, 5) is 18.6. The maximum atomic E-state index is 12.1. The van der Waals surface area contributed by atoms with Crippen molar-refractivity contribution in [2.75, 3.05) is 32.0 Å². The maximum Gasteiger partial charge on any atom is 0.270 e. The number of likely N-dealkylation sites (tertiary alicyclic amines) is 1. The van der Waals surface area contributed by atoms with Crippen LogP contribution in [0.2, 0.25) is 0 Å². The molecule has 2 heterocycles. The molecule has 1 aliphatic rings. The van der Waals surface area contributed by atoms with E-state index < -0.39 is 0 Å². The zero-order valence-corrected chi connectivity index (χ0v) is 11.6. The minimum absolute atomic E-state index is 0.0747. The lowest BCUT2D eigenvalue weighted by Gasteiger charge is -2.29. The van der Waals surface area contributed by atoms with Gasteiger partial charge in [-0.3, -0.25) is 9.78 Å². The highest BCUT2D eigenvalue weighted by molar-refractivity contribution is 5.93. The standard InChI is InChI=1S/C14H22N4O/c1-3-15-12-4-7-16-13(10-12)14(19)17-11-5-8-18(2)9-6-11/h4,7,10-11H,3,5-6,8-9H2,1-2H3,(H,15,16)(H,17,19). The summed E-state index contributed by atoms with van der Waals surface area (Å²) in [6.45, 7) is 4.93. The fourth-order valence-corrected chi connectivity index (χ4v) is 2.28. The van der Waals surface area contributed by atoms with Crippen LogP contribution in [0.1, 0.15) is 30.3 Å². The minimum Gasteiger partial charge on any atom is -0.385 e. The molecule has 1 aromatic heterocycles. The molecule has 0 aliphatic carbocycles. The molecule has 2 rings (SSSR count). The number of amides is 1. The molecule has 2 N–H and O–H groups in total. The highest BCUT2D eigenvalue weighted by Gasteiger charge is 2.19. The summed E-state index contributed by atoms with van der Waals surface area (Å²) in [5.74, 6) is -0.0747. The second kappa shape index (κ2) is 6.52. The van der Waals surface area contributed by atoms with Gasteiger partial charge in [0.1, 0.15) is 5.69 Å². The van der Waals surface area contributed by atoms with Gasteiger partial charge in [-0.1, -0.05) is 0 Å². The Labute approximate surface area is 114 Å². The van der Waals surface area contributed by atoms with Crippen LogP contribution >= 0.6 is 0 Å². The first kappa shape index (κ1) is 13.8. The quantitative estimate of drug-likeness (QED) is 0.859. The molecule has 0 spiro atoms.